The summed E-state index contributed by atoms with van der Waals surface area (Å²) < 4.78 is 4.51. The first kappa shape index (κ1) is 22.0. The van der Waals surface area contributed by atoms with E-state index in [1.807, 2.05) is 0 Å². The minimum Gasteiger partial charge on any atom is -0.468 e. The molecule has 0 spiro atoms. The van der Waals surface area contributed by atoms with Crippen LogP contribution in [0.15, 0.2) is 48.5 Å². The van der Waals surface area contributed by atoms with Crippen LogP contribution in [0.4, 0.5) is 0 Å². The third-order valence-corrected chi connectivity index (χ3v) is 5.92. The molecule has 2 aromatic rings. The molecule has 1 fully saturated rings. The number of carbonyl (C=O) groups is 2. The standard InChI is InChI=1S/C25H32N2O3/c1-19-4-3-16-27(19)17-15-21-7-12-23(13-8-21)22-10-5-20(6-11-22)9-14-24(28)26-18-25(29)30-2/h5-8,10-13,19H,3-4,9,14-18H2,1-2H3,(H,26,28). The maximum Gasteiger partial charge on any atom is 0.325 e. The Morgan fingerprint density at radius 2 is 1.60 bits per heavy atom. The Morgan fingerprint density at radius 3 is 2.13 bits per heavy atom. The van der Waals surface area contributed by atoms with E-state index in [-0.39, 0.29) is 12.5 Å². The number of nitrogens with zero attached hydrogens (tertiary/aromatic N) is 1. The van der Waals surface area contributed by atoms with Crippen LogP contribution in [0.25, 0.3) is 11.1 Å². The lowest BCUT2D eigenvalue weighted by atomic mass is 10.0. The molecule has 1 unspecified atom stereocenters. The number of esters is 1. The highest BCUT2D eigenvalue weighted by molar-refractivity contribution is 5.81. The smallest absolute Gasteiger partial charge is 0.325 e. The van der Waals surface area contributed by atoms with Crippen LogP contribution in [0.3, 0.4) is 0 Å². The first-order chi connectivity index (χ1) is 14.5. The van der Waals surface area contributed by atoms with Gasteiger partial charge in [-0.25, -0.2) is 0 Å². The van der Waals surface area contributed by atoms with Crippen molar-refractivity contribution in [3.8, 4) is 11.1 Å². The maximum absolute atomic E-state index is 11.8. The molecule has 0 radical (unpaired) electrons. The summed E-state index contributed by atoms with van der Waals surface area (Å²) >= 11 is 0. The van der Waals surface area contributed by atoms with Gasteiger partial charge < -0.3 is 15.0 Å². The molecule has 3 rings (SSSR count). The van der Waals surface area contributed by atoms with Crippen LogP contribution >= 0.6 is 0 Å². The monoisotopic (exact) mass is 408 g/mol. The third-order valence-electron chi connectivity index (χ3n) is 5.92. The van der Waals surface area contributed by atoms with Gasteiger partial charge in [-0.1, -0.05) is 48.5 Å². The molecule has 1 heterocycles. The summed E-state index contributed by atoms with van der Waals surface area (Å²) in [6.45, 7) is 4.62. The topological polar surface area (TPSA) is 58.6 Å². The largest absolute Gasteiger partial charge is 0.468 e. The molecule has 1 aliphatic heterocycles. The van der Waals surface area contributed by atoms with Gasteiger partial charge in [0.2, 0.25) is 5.91 Å². The lowest BCUT2D eigenvalue weighted by Crippen LogP contribution is -2.30. The summed E-state index contributed by atoms with van der Waals surface area (Å²) in [5.41, 5.74) is 4.86. The number of rotatable bonds is 9. The minimum absolute atomic E-state index is 0.0820. The van der Waals surface area contributed by atoms with Gasteiger partial charge in [-0.2, -0.15) is 0 Å². The summed E-state index contributed by atoms with van der Waals surface area (Å²) in [4.78, 5) is 25.4. The molecule has 1 aliphatic rings. The Hall–Kier alpha value is -2.66. The third kappa shape index (κ3) is 6.42. The Labute approximate surface area is 179 Å². The van der Waals surface area contributed by atoms with Crippen LogP contribution in [0.5, 0.6) is 0 Å². The number of nitrogens with one attached hydrogen (secondary N) is 1. The summed E-state index contributed by atoms with van der Waals surface area (Å²) in [6.07, 6.45) is 4.74. The Bertz CT molecular complexity index is 830. The number of aryl methyl sites for hydroxylation is 1. The molecular formula is C25H32N2O3. The molecule has 1 atom stereocenters. The molecule has 5 nitrogen and oxygen atoms in total. The van der Waals surface area contributed by atoms with Crippen LogP contribution in [0.2, 0.25) is 0 Å². The Balaban J connectivity index is 1.47. The van der Waals surface area contributed by atoms with E-state index in [1.54, 1.807) is 0 Å². The zero-order valence-corrected chi connectivity index (χ0v) is 18.0. The fourth-order valence-corrected chi connectivity index (χ4v) is 3.91. The van der Waals surface area contributed by atoms with Gasteiger partial charge in [0.25, 0.3) is 0 Å². The van der Waals surface area contributed by atoms with Crippen LogP contribution in [-0.2, 0) is 27.2 Å². The molecule has 1 saturated heterocycles. The highest BCUT2D eigenvalue weighted by atomic mass is 16.5. The molecular weight excluding hydrogens is 376 g/mol. The van der Waals surface area contributed by atoms with Gasteiger partial charge in [-0.15, -0.1) is 0 Å². The van der Waals surface area contributed by atoms with Gasteiger partial charge in [0, 0.05) is 19.0 Å². The van der Waals surface area contributed by atoms with E-state index in [2.05, 4.69) is 70.4 Å². The Kier molecular flexibility index (Phi) is 8.03. The molecule has 30 heavy (non-hydrogen) atoms. The van der Waals surface area contributed by atoms with E-state index < -0.39 is 5.97 Å². The summed E-state index contributed by atoms with van der Waals surface area (Å²) in [5, 5.41) is 2.56. The van der Waals surface area contributed by atoms with Crippen molar-refractivity contribution in [1.82, 2.24) is 10.2 Å². The highest BCUT2D eigenvalue weighted by Crippen LogP contribution is 2.22. The van der Waals surface area contributed by atoms with Crippen molar-refractivity contribution in [1.29, 1.82) is 0 Å². The second kappa shape index (κ2) is 10.9. The van der Waals surface area contributed by atoms with E-state index in [9.17, 15) is 9.59 Å². The number of carbonyl (C=O) groups excluding carboxylic acids is 2. The second-order valence-corrected chi connectivity index (χ2v) is 8.02. The van der Waals surface area contributed by atoms with Gasteiger partial charge in [-0.3, -0.25) is 9.59 Å². The number of likely N-dealkylation sites (tertiary alicyclic amines) is 1. The summed E-state index contributed by atoms with van der Waals surface area (Å²) in [5.74, 6) is -0.590. The summed E-state index contributed by atoms with van der Waals surface area (Å²) in [7, 11) is 1.30. The van der Waals surface area contributed by atoms with Gasteiger partial charge in [0.05, 0.1) is 7.11 Å². The first-order valence-corrected chi connectivity index (χ1v) is 10.8. The maximum atomic E-state index is 11.8. The fraction of sp³-hybridized carbons (Fsp3) is 0.440. The van der Waals surface area contributed by atoms with Crippen molar-refractivity contribution >= 4 is 11.9 Å². The molecule has 160 valence electrons. The lowest BCUT2D eigenvalue weighted by molar-refractivity contribution is -0.141. The molecule has 0 aromatic heterocycles. The van der Waals surface area contributed by atoms with Crippen molar-refractivity contribution in [3.05, 3.63) is 59.7 Å². The number of hydrogen-bond donors (Lipinski definition) is 1. The van der Waals surface area contributed by atoms with E-state index in [1.165, 1.54) is 43.2 Å². The SMILES string of the molecule is COC(=O)CNC(=O)CCc1ccc(-c2ccc(CCN3CCCC3C)cc2)cc1. The quantitative estimate of drug-likeness (QED) is 0.644. The number of methoxy groups -OCH3 is 1. The predicted molar refractivity (Wildman–Crippen MR) is 119 cm³/mol. The molecule has 0 saturated carbocycles. The average Bonchev–Trinajstić information content (AvgIpc) is 3.20. The second-order valence-electron chi connectivity index (χ2n) is 8.02. The Morgan fingerprint density at radius 1 is 1.00 bits per heavy atom. The van der Waals surface area contributed by atoms with Gasteiger partial charge >= 0.3 is 5.97 Å². The zero-order chi connectivity index (χ0) is 21.3. The molecule has 0 aliphatic carbocycles. The van der Waals surface area contributed by atoms with Crippen molar-refractivity contribution in [2.45, 2.75) is 45.1 Å². The van der Waals surface area contributed by atoms with Gasteiger partial charge in [0.15, 0.2) is 0 Å². The first-order valence-electron chi connectivity index (χ1n) is 10.8. The fourth-order valence-electron chi connectivity index (χ4n) is 3.91. The lowest BCUT2D eigenvalue weighted by Gasteiger charge is -2.20. The summed E-state index contributed by atoms with van der Waals surface area (Å²) in [6, 6.07) is 17.9. The average molecular weight is 409 g/mol. The van der Waals surface area contributed by atoms with Crippen LogP contribution in [-0.4, -0.2) is 49.6 Å². The van der Waals surface area contributed by atoms with Crippen molar-refractivity contribution in [3.63, 3.8) is 0 Å². The number of hydrogen-bond acceptors (Lipinski definition) is 4. The number of benzene rings is 2. The zero-order valence-electron chi connectivity index (χ0n) is 18.0. The van der Waals surface area contributed by atoms with E-state index in [0.717, 1.165) is 24.6 Å². The predicted octanol–water partition coefficient (Wildman–Crippen LogP) is 3.60. The molecule has 5 heteroatoms. The van der Waals surface area contributed by atoms with Crippen LogP contribution in [0, 0.1) is 0 Å². The number of ether oxygens (including phenoxy) is 1. The highest BCUT2D eigenvalue weighted by Gasteiger charge is 2.19. The van der Waals surface area contributed by atoms with Crippen LogP contribution in [0.1, 0.15) is 37.3 Å². The molecule has 0 bridgehead atoms. The molecule has 2 aromatic carbocycles. The van der Waals surface area contributed by atoms with Crippen molar-refractivity contribution < 1.29 is 14.3 Å². The molecule has 1 N–H and O–H groups in total. The van der Waals surface area contributed by atoms with Crippen molar-refractivity contribution in [2.75, 3.05) is 26.7 Å². The normalized spacial score (nSPS) is 16.4. The van der Waals surface area contributed by atoms with E-state index in [0.29, 0.717) is 12.8 Å². The van der Waals surface area contributed by atoms with Crippen LogP contribution < -0.4 is 5.32 Å². The minimum atomic E-state index is -0.440. The van der Waals surface area contributed by atoms with Gasteiger partial charge in [-0.05, 0) is 61.4 Å². The van der Waals surface area contributed by atoms with E-state index in [4.69, 9.17) is 0 Å². The van der Waals surface area contributed by atoms with Crippen molar-refractivity contribution in [2.24, 2.45) is 0 Å². The van der Waals surface area contributed by atoms with E-state index >= 15 is 0 Å². The molecule has 1 amide bonds. The van der Waals surface area contributed by atoms with Gasteiger partial charge in [0.1, 0.15) is 6.54 Å². The number of amides is 1.